The van der Waals surface area contributed by atoms with Crippen molar-refractivity contribution < 1.29 is 4.79 Å². The van der Waals surface area contributed by atoms with Crippen LogP contribution in [0.3, 0.4) is 0 Å². The molecule has 11 heavy (non-hydrogen) atoms. The first kappa shape index (κ1) is 7.73. The molecule has 0 spiro atoms. The van der Waals surface area contributed by atoms with Crippen LogP contribution in [0, 0.1) is 0 Å². The van der Waals surface area contributed by atoms with E-state index in [-0.39, 0.29) is 0 Å². The predicted molar refractivity (Wildman–Crippen MR) is 46.5 cm³/mol. The Balaban J connectivity index is 2.91. The van der Waals surface area contributed by atoms with Crippen LogP contribution in [0.1, 0.15) is 22.8 Å². The van der Waals surface area contributed by atoms with E-state index in [9.17, 15) is 4.79 Å². The summed E-state index contributed by atoms with van der Waals surface area (Å²) in [5.74, 6) is 0. The van der Waals surface area contributed by atoms with Gasteiger partial charge in [-0.3, -0.25) is 4.79 Å². The number of hydrogen-bond acceptors (Lipinski definition) is 1. The van der Waals surface area contributed by atoms with E-state index in [4.69, 9.17) is 0 Å². The zero-order valence-electron chi connectivity index (χ0n) is 6.45. The van der Waals surface area contributed by atoms with Crippen LogP contribution < -0.4 is 0 Å². The van der Waals surface area contributed by atoms with E-state index in [1.807, 2.05) is 43.3 Å². The van der Waals surface area contributed by atoms with Gasteiger partial charge in [0, 0.05) is 5.56 Å². The van der Waals surface area contributed by atoms with E-state index in [2.05, 4.69) is 0 Å². The van der Waals surface area contributed by atoms with Crippen LogP contribution in [0.15, 0.2) is 30.3 Å². The fourth-order valence-corrected chi connectivity index (χ4v) is 0.878. The lowest BCUT2D eigenvalue weighted by Crippen LogP contribution is -1.77. The van der Waals surface area contributed by atoms with Crippen molar-refractivity contribution in [2.75, 3.05) is 0 Å². The molecule has 0 radical (unpaired) electrons. The SMILES string of the molecule is CC=Cc1ccc(C=O)cc1. The summed E-state index contributed by atoms with van der Waals surface area (Å²) >= 11 is 0. The van der Waals surface area contributed by atoms with E-state index in [0.717, 1.165) is 17.4 Å². The predicted octanol–water partition coefficient (Wildman–Crippen LogP) is 2.53. The molecule has 0 aliphatic rings. The van der Waals surface area contributed by atoms with Crippen molar-refractivity contribution in [3.05, 3.63) is 41.5 Å². The summed E-state index contributed by atoms with van der Waals surface area (Å²) in [6.07, 6.45) is 4.81. The quantitative estimate of drug-likeness (QED) is 0.586. The van der Waals surface area contributed by atoms with Crippen LogP contribution in [-0.4, -0.2) is 6.29 Å². The van der Waals surface area contributed by atoms with Gasteiger partial charge in [0.2, 0.25) is 0 Å². The lowest BCUT2D eigenvalue weighted by Gasteiger charge is -1.91. The highest BCUT2D eigenvalue weighted by Gasteiger charge is 1.87. The molecule has 0 fully saturated rings. The number of hydrogen-bond donors (Lipinski definition) is 0. The lowest BCUT2D eigenvalue weighted by molar-refractivity contribution is 0.112. The minimum Gasteiger partial charge on any atom is -0.298 e. The summed E-state index contributed by atoms with van der Waals surface area (Å²) in [6.45, 7) is 1.97. The van der Waals surface area contributed by atoms with Crippen molar-refractivity contribution >= 4 is 12.4 Å². The first-order valence-corrected chi connectivity index (χ1v) is 3.55. The molecule has 0 amide bonds. The number of aldehydes is 1. The Hall–Kier alpha value is -1.37. The third kappa shape index (κ3) is 2.04. The van der Waals surface area contributed by atoms with Crippen LogP contribution in [0.4, 0.5) is 0 Å². The number of allylic oxidation sites excluding steroid dienone is 1. The van der Waals surface area contributed by atoms with Gasteiger partial charge in [0.15, 0.2) is 0 Å². The smallest absolute Gasteiger partial charge is 0.150 e. The van der Waals surface area contributed by atoms with Gasteiger partial charge in [-0.05, 0) is 12.5 Å². The number of rotatable bonds is 2. The number of carbonyl (C=O) groups excluding carboxylic acids is 1. The molecule has 0 saturated carbocycles. The van der Waals surface area contributed by atoms with Crippen LogP contribution in [0.25, 0.3) is 6.08 Å². The molecule has 1 rings (SSSR count). The summed E-state index contributed by atoms with van der Waals surface area (Å²) < 4.78 is 0. The molecule has 56 valence electrons. The number of carbonyl (C=O) groups is 1. The Morgan fingerprint density at radius 3 is 2.09 bits per heavy atom. The third-order valence-corrected chi connectivity index (χ3v) is 1.43. The third-order valence-electron chi connectivity index (χ3n) is 1.43. The van der Waals surface area contributed by atoms with Crippen molar-refractivity contribution in [3.8, 4) is 0 Å². The lowest BCUT2D eigenvalue weighted by atomic mass is 10.1. The molecule has 1 heteroatoms. The van der Waals surface area contributed by atoms with Gasteiger partial charge in [-0.1, -0.05) is 36.4 Å². The van der Waals surface area contributed by atoms with Crippen molar-refractivity contribution in [1.82, 2.24) is 0 Å². The molecule has 0 heterocycles. The molecule has 0 atom stereocenters. The summed E-state index contributed by atoms with van der Waals surface area (Å²) in [5.41, 5.74) is 1.84. The molecule has 0 aliphatic carbocycles. The van der Waals surface area contributed by atoms with Gasteiger partial charge in [-0.25, -0.2) is 0 Å². The second-order valence-electron chi connectivity index (χ2n) is 2.28. The first-order valence-electron chi connectivity index (χ1n) is 3.55. The maximum atomic E-state index is 10.3. The largest absolute Gasteiger partial charge is 0.298 e. The zero-order chi connectivity index (χ0) is 8.10. The minimum atomic E-state index is 0.721. The van der Waals surface area contributed by atoms with Gasteiger partial charge >= 0.3 is 0 Å². The van der Waals surface area contributed by atoms with Gasteiger partial charge in [0.25, 0.3) is 0 Å². The Bertz CT molecular complexity index is 257. The second kappa shape index (κ2) is 3.71. The molecule has 0 N–H and O–H groups in total. The molecule has 0 aliphatic heterocycles. The summed E-state index contributed by atoms with van der Waals surface area (Å²) in [6, 6.07) is 7.46. The van der Waals surface area contributed by atoms with Crippen molar-refractivity contribution in [2.24, 2.45) is 0 Å². The average Bonchev–Trinajstić information content (AvgIpc) is 2.07. The standard InChI is InChI=1S/C10H10O/c1-2-3-9-4-6-10(8-11)7-5-9/h2-8H,1H3. The van der Waals surface area contributed by atoms with E-state index in [1.165, 1.54) is 0 Å². The van der Waals surface area contributed by atoms with E-state index >= 15 is 0 Å². The fourth-order valence-electron chi connectivity index (χ4n) is 0.878. The molecule has 0 aromatic heterocycles. The minimum absolute atomic E-state index is 0.721. The van der Waals surface area contributed by atoms with Gasteiger partial charge < -0.3 is 0 Å². The van der Waals surface area contributed by atoms with Crippen LogP contribution in [0.2, 0.25) is 0 Å². The maximum absolute atomic E-state index is 10.3. The number of benzene rings is 1. The average molecular weight is 146 g/mol. The Kier molecular flexibility index (Phi) is 2.61. The maximum Gasteiger partial charge on any atom is 0.150 e. The normalized spacial score (nSPS) is 10.3. The first-order chi connectivity index (χ1) is 5.36. The molecule has 1 aromatic rings. The topological polar surface area (TPSA) is 17.1 Å². The highest BCUT2D eigenvalue weighted by molar-refractivity contribution is 5.75. The second-order valence-corrected chi connectivity index (χ2v) is 2.28. The van der Waals surface area contributed by atoms with Gasteiger partial charge in [0.05, 0.1) is 0 Å². The van der Waals surface area contributed by atoms with Crippen LogP contribution in [-0.2, 0) is 0 Å². The highest BCUT2D eigenvalue weighted by Crippen LogP contribution is 2.03. The summed E-state index contributed by atoms with van der Waals surface area (Å²) in [5, 5.41) is 0. The zero-order valence-corrected chi connectivity index (χ0v) is 6.45. The summed E-state index contributed by atoms with van der Waals surface area (Å²) in [7, 11) is 0. The molecule has 0 bridgehead atoms. The van der Waals surface area contributed by atoms with Gasteiger partial charge in [0.1, 0.15) is 6.29 Å². The van der Waals surface area contributed by atoms with Crippen molar-refractivity contribution in [3.63, 3.8) is 0 Å². The molecule has 0 unspecified atom stereocenters. The van der Waals surface area contributed by atoms with Crippen molar-refractivity contribution in [1.29, 1.82) is 0 Å². The molecule has 1 aromatic carbocycles. The Labute approximate surface area is 66.4 Å². The monoisotopic (exact) mass is 146 g/mol. The Morgan fingerprint density at radius 2 is 1.64 bits per heavy atom. The van der Waals surface area contributed by atoms with Crippen molar-refractivity contribution in [2.45, 2.75) is 6.92 Å². The van der Waals surface area contributed by atoms with Crippen LogP contribution >= 0.6 is 0 Å². The van der Waals surface area contributed by atoms with Gasteiger partial charge in [-0.2, -0.15) is 0 Å². The fraction of sp³-hybridized carbons (Fsp3) is 0.100. The van der Waals surface area contributed by atoms with E-state index < -0.39 is 0 Å². The molecule has 0 saturated heterocycles. The molecule has 1 nitrogen and oxygen atoms in total. The molecular formula is C10H10O. The van der Waals surface area contributed by atoms with Gasteiger partial charge in [-0.15, -0.1) is 0 Å². The van der Waals surface area contributed by atoms with E-state index in [0.29, 0.717) is 0 Å². The Morgan fingerprint density at radius 1 is 1.09 bits per heavy atom. The van der Waals surface area contributed by atoms with E-state index in [1.54, 1.807) is 0 Å². The highest BCUT2D eigenvalue weighted by atomic mass is 16.1. The molecular weight excluding hydrogens is 136 g/mol. The summed E-state index contributed by atoms with van der Waals surface area (Å²) in [4.78, 5) is 10.3. The van der Waals surface area contributed by atoms with Crippen LogP contribution in [0.5, 0.6) is 0 Å².